The summed E-state index contributed by atoms with van der Waals surface area (Å²) in [5.41, 5.74) is 0.447. The molecule has 1 rings (SSSR count). The number of hydrogen-bond acceptors (Lipinski definition) is 3. The normalized spacial score (nSPS) is 10.1. The van der Waals surface area contributed by atoms with Crippen molar-refractivity contribution in [1.82, 2.24) is 5.32 Å². The van der Waals surface area contributed by atoms with Crippen LogP contribution in [0.15, 0.2) is 18.2 Å². The number of anilines is 1. The topological polar surface area (TPSA) is 78.4 Å². The van der Waals surface area contributed by atoms with Crippen LogP contribution in [0.3, 0.4) is 0 Å². The lowest BCUT2D eigenvalue weighted by Crippen LogP contribution is -2.22. The molecule has 0 saturated carbocycles. The third kappa shape index (κ3) is 4.61. The Balaban J connectivity index is 2.72. The molecule has 0 bridgehead atoms. The fraction of sp³-hybridized carbons (Fsp3) is 0.333. The summed E-state index contributed by atoms with van der Waals surface area (Å²) in [5, 5.41) is 14.7. The molecule has 0 aliphatic rings. The van der Waals surface area contributed by atoms with Crippen LogP contribution in [0.4, 0.5) is 5.69 Å². The number of carbonyl (C=O) groups excluding carboxylic acids is 1. The zero-order valence-electron chi connectivity index (χ0n) is 10.00. The summed E-state index contributed by atoms with van der Waals surface area (Å²) in [5.74, 6) is -1.24. The van der Waals surface area contributed by atoms with Crippen molar-refractivity contribution in [3.63, 3.8) is 0 Å². The van der Waals surface area contributed by atoms with Crippen molar-refractivity contribution in [3.8, 4) is 0 Å². The second-order valence-electron chi connectivity index (χ2n) is 3.65. The van der Waals surface area contributed by atoms with Gasteiger partial charge in [0.05, 0.1) is 11.3 Å². The summed E-state index contributed by atoms with van der Waals surface area (Å²) >= 11 is 2.03. The average Bonchev–Trinajstić information content (AvgIpc) is 2.31. The van der Waals surface area contributed by atoms with Gasteiger partial charge in [0.1, 0.15) is 0 Å². The van der Waals surface area contributed by atoms with E-state index in [1.165, 1.54) is 6.07 Å². The van der Waals surface area contributed by atoms with Gasteiger partial charge in [-0.25, -0.2) is 4.79 Å². The Labute approximate surface area is 119 Å². The lowest BCUT2D eigenvalue weighted by Gasteiger charge is -2.09. The van der Waals surface area contributed by atoms with Gasteiger partial charge in [-0.05, 0) is 47.3 Å². The molecule has 0 atom stereocenters. The van der Waals surface area contributed by atoms with Crippen LogP contribution in [0.25, 0.3) is 0 Å². The molecule has 1 amide bonds. The Kier molecular flexibility index (Phi) is 6.06. The average molecular weight is 362 g/mol. The molecular formula is C12H15IN2O3. The largest absolute Gasteiger partial charge is 0.478 e. The van der Waals surface area contributed by atoms with Crippen molar-refractivity contribution in [2.75, 3.05) is 18.4 Å². The number of nitrogens with one attached hydrogen (secondary N) is 2. The van der Waals surface area contributed by atoms with Gasteiger partial charge in [0.15, 0.2) is 0 Å². The van der Waals surface area contributed by atoms with Crippen LogP contribution in [-0.4, -0.2) is 30.1 Å². The second-order valence-corrected chi connectivity index (χ2v) is 4.89. The minimum absolute atomic E-state index is 0.110. The monoisotopic (exact) mass is 362 g/mol. The van der Waals surface area contributed by atoms with E-state index in [4.69, 9.17) is 5.11 Å². The quantitative estimate of drug-likeness (QED) is 0.534. The maximum Gasteiger partial charge on any atom is 0.337 e. The van der Waals surface area contributed by atoms with E-state index in [2.05, 4.69) is 10.6 Å². The van der Waals surface area contributed by atoms with Gasteiger partial charge in [0, 0.05) is 16.5 Å². The molecule has 0 unspecified atom stereocenters. The SMILES string of the molecule is CCNCCC(=O)Nc1ccc(I)cc1C(=O)O. The summed E-state index contributed by atoms with van der Waals surface area (Å²) in [4.78, 5) is 22.6. The molecule has 5 nitrogen and oxygen atoms in total. The van der Waals surface area contributed by atoms with E-state index in [0.717, 1.165) is 10.1 Å². The third-order valence-corrected chi connectivity index (χ3v) is 2.94. The molecule has 18 heavy (non-hydrogen) atoms. The summed E-state index contributed by atoms with van der Waals surface area (Å²) in [6.45, 7) is 3.34. The minimum atomic E-state index is -1.05. The number of aromatic carboxylic acids is 1. The zero-order chi connectivity index (χ0) is 13.5. The summed E-state index contributed by atoms with van der Waals surface area (Å²) in [6.07, 6.45) is 0.318. The van der Waals surface area contributed by atoms with Crippen LogP contribution in [0, 0.1) is 3.57 Å². The van der Waals surface area contributed by atoms with E-state index in [9.17, 15) is 9.59 Å². The molecule has 0 aromatic heterocycles. The number of rotatable bonds is 6. The van der Waals surface area contributed by atoms with Crippen molar-refractivity contribution in [1.29, 1.82) is 0 Å². The lowest BCUT2D eigenvalue weighted by atomic mass is 10.2. The van der Waals surface area contributed by atoms with Crippen molar-refractivity contribution in [2.45, 2.75) is 13.3 Å². The molecule has 1 aromatic rings. The van der Waals surface area contributed by atoms with Crippen LogP contribution >= 0.6 is 22.6 Å². The first-order valence-corrected chi connectivity index (χ1v) is 6.66. The van der Waals surface area contributed by atoms with Crippen LogP contribution < -0.4 is 10.6 Å². The number of carbonyl (C=O) groups is 2. The molecule has 1 aromatic carbocycles. The Morgan fingerprint density at radius 2 is 2.11 bits per heavy atom. The smallest absolute Gasteiger partial charge is 0.337 e. The molecule has 0 spiro atoms. The molecule has 0 saturated heterocycles. The first-order valence-electron chi connectivity index (χ1n) is 5.58. The standard InChI is InChI=1S/C12H15IN2O3/c1-2-14-6-5-11(16)15-10-4-3-8(13)7-9(10)12(17)18/h3-4,7,14H,2,5-6H2,1H3,(H,15,16)(H,17,18). The number of hydrogen-bond donors (Lipinski definition) is 3. The number of carboxylic acids is 1. The molecule has 3 N–H and O–H groups in total. The third-order valence-electron chi connectivity index (χ3n) is 2.26. The summed E-state index contributed by atoms with van der Waals surface area (Å²) in [7, 11) is 0. The predicted octanol–water partition coefficient (Wildman–Crippen LogP) is 1.93. The highest BCUT2D eigenvalue weighted by atomic mass is 127. The van der Waals surface area contributed by atoms with E-state index in [1.807, 2.05) is 29.5 Å². The fourth-order valence-corrected chi connectivity index (χ4v) is 1.89. The van der Waals surface area contributed by atoms with E-state index >= 15 is 0 Å². The maximum absolute atomic E-state index is 11.6. The predicted molar refractivity (Wildman–Crippen MR) is 77.9 cm³/mol. The molecule has 98 valence electrons. The molecule has 0 aliphatic heterocycles. The molecule has 0 fully saturated rings. The highest BCUT2D eigenvalue weighted by Gasteiger charge is 2.12. The van der Waals surface area contributed by atoms with E-state index < -0.39 is 5.97 Å². The van der Waals surface area contributed by atoms with Crippen molar-refractivity contribution in [3.05, 3.63) is 27.3 Å². The van der Waals surface area contributed by atoms with E-state index in [1.54, 1.807) is 12.1 Å². The number of amides is 1. The number of benzene rings is 1. The highest BCUT2D eigenvalue weighted by molar-refractivity contribution is 14.1. The minimum Gasteiger partial charge on any atom is -0.478 e. The van der Waals surface area contributed by atoms with E-state index in [0.29, 0.717) is 18.7 Å². The number of carboxylic acid groups (broad SMARTS) is 1. The fourth-order valence-electron chi connectivity index (χ4n) is 1.39. The Hall–Kier alpha value is -1.15. The second kappa shape index (κ2) is 7.32. The first-order chi connectivity index (χ1) is 8.54. The van der Waals surface area contributed by atoms with Crippen molar-refractivity contribution >= 4 is 40.2 Å². The lowest BCUT2D eigenvalue weighted by molar-refractivity contribution is -0.116. The van der Waals surface area contributed by atoms with Gasteiger partial charge in [-0.3, -0.25) is 4.79 Å². The van der Waals surface area contributed by atoms with Gasteiger partial charge in [-0.15, -0.1) is 0 Å². The van der Waals surface area contributed by atoms with Gasteiger partial charge in [-0.2, -0.15) is 0 Å². The highest BCUT2D eigenvalue weighted by Crippen LogP contribution is 2.19. The Morgan fingerprint density at radius 3 is 2.72 bits per heavy atom. The molecule has 0 radical (unpaired) electrons. The summed E-state index contributed by atoms with van der Waals surface area (Å²) < 4.78 is 0.815. The maximum atomic E-state index is 11.6. The molecular weight excluding hydrogens is 347 g/mol. The van der Waals surface area contributed by atoms with Gasteiger partial charge in [-0.1, -0.05) is 6.92 Å². The first kappa shape index (κ1) is 14.9. The van der Waals surface area contributed by atoms with Gasteiger partial charge < -0.3 is 15.7 Å². The van der Waals surface area contributed by atoms with Crippen molar-refractivity contribution < 1.29 is 14.7 Å². The van der Waals surface area contributed by atoms with Crippen LogP contribution in [0.1, 0.15) is 23.7 Å². The Morgan fingerprint density at radius 1 is 1.39 bits per heavy atom. The van der Waals surface area contributed by atoms with Gasteiger partial charge >= 0.3 is 5.97 Å². The number of halogens is 1. The molecule has 0 aliphatic carbocycles. The van der Waals surface area contributed by atoms with Crippen LogP contribution in [-0.2, 0) is 4.79 Å². The molecule has 0 heterocycles. The van der Waals surface area contributed by atoms with Gasteiger partial charge in [0.2, 0.25) is 5.91 Å². The Bertz CT molecular complexity index is 449. The van der Waals surface area contributed by atoms with Crippen LogP contribution in [0.2, 0.25) is 0 Å². The zero-order valence-corrected chi connectivity index (χ0v) is 12.2. The summed E-state index contributed by atoms with van der Waals surface area (Å²) in [6, 6.07) is 4.89. The van der Waals surface area contributed by atoms with Crippen molar-refractivity contribution in [2.24, 2.45) is 0 Å². The van der Waals surface area contributed by atoms with Crippen LogP contribution in [0.5, 0.6) is 0 Å². The van der Waals surface area contributed by atoms with E-state index in [-0.39, 0.29) is 11.5 Å². The molecule has 6 heteroatoms. The van der Waals surface area contributed by atoms with Gasteiger partial charge in [0.25, 0.3) is 0 Å².